The molecule has 0 saturated carbocycles. The van der Waals surface area contributed by atoms with E-state index in [2.05, 4.69) is 17.6 Å². The van der Waals surface area contributed by atoms with Crippen LogP contribution in [0.1, 0.15) is 1.43 Å². The van der Waals surface area contributed by atoms with Crippen molar-refractivity contribution in [2.24, 2.45) is 5.84 Å². The Morgan fingerprint density at radius 1 is 1.80 bits per heavy atom. The summed E-state index contributed by atoms with van der Waals surface area (Å²) in [6.07, 6.45) is 0. The van der Waals surface area contributed by atoms with Crippen molar-refractivity contribution < 1.29 is 36.5 Å². The Labute approximate surface area is 59.0 Å². The fraction of sp³-hybridized carbons (Fsp3) is 0. The van der Waals surface area contributed by atoms with Gasteiger partial charge in [0.1, 0.15) is 0 Å². The maximum absolute atomic E-state index is 4.53. The number of nitrogens with two attached hydrogens (primary N) is 1. The molecule has 5 N–H and O–H groups in total. The van der Waals surface area contributed by atoms with E-state index in [1.807, 2.05) is 0 Å². The van der Waals surface area contributed by atoms with Crippen LogP contribution in [0.15, 0.2) is 0 Å². The first-order chi connectivity index (χ1) is 1.41. The smallest absolute Gasteiger partial charge is 1.00 e. The molecule has 0 unspecified atom stereocenters. The Bertz CT molecular complexity index is 13.5. The molecule has 0 aromatic heterocycles. The molecule has 0 aromatic carbocycles. The number of hydrazine groups is 1. The van der Waals surface area contributed by atoms with E-state index in [1.54, 1.807) is 4.94 Å². The summed E-state index contributed by atoms with van der Waals surface area (Å²) in [6.45, 7) is 0. The van der Waals surface area contributed by atoms with E-state index in [0.29, 0.717) is 0 Å². The SMILES string of the molecule is NNCl.O.[H-].[Na+]. The Morgan fingerprint density at radius 2 is 1.80 bits per heavy atom. The summed E-state index contributed by atoms with van der Waals surface area (Å²) in [5, 5.41) is 0. The molecule has 5 heavy (non-hydrogen) atoms. The first kappa shape index (κ1) is 16.4. The van der Waals surface area contributed by atoms with Crippen LogP contribution >= 0.6 is 11.8 Å². The van der Waals surface area contributed by atoms with Gasteiger partial charge in [-0.2, -0.15) is 4.94 Å². The van der Waals surface area contributed by atoms with Gasteiger partial charge in [0.25, 0.3) is 0 Å². The Balaban J connectivity index is -0.00000000667. The molecule has 0 radical (unpaired) electrons. The minimum atomic E-state index is 0. The van der Waals surface area contributed by atoms with E-state index in [9.17, 15) is 0 Å². The summed E-state index contributed by atoms with van der Waals surface area (Å²) >= 11 is 4.53. The van der Waals surface area contributed by atoms with Crippen molar-refractivity contribution in [3.05, 3.63) is 0 Å². The third-order valence-corrected chi connectivity index (χ3v) is 0. The van der Waals surface area contributed by atoms with Crippen LogP contribution in [0.25, 0.3) is 0 Å². The molecule has 30 valence electrons. The molecule has 0 amide bonds. The standard InChI is InChI=1S/ClH3N2.Na.H2O.H/c1-3-2;;;/h3H,2H2;;1H2;/q;+1;;-1. The molecule has 0 atom stereocenters. The van der Waals surface area contributed by atoms with Gasteiger partial charge in [0.05, 0.1) is 0 Å². The monoisotopic (exact) mass is 108 g/mol. The largest absolute Gasteiger partial charge is 1.00 e. The van der Waals surface area contributed by atoms with Gasteiger partial charge in [0, 0.05) is 0 Å². The van der Waals surface area contributed by atoms with Crippen LogP contribution in [0, 0.1) is 0 Å². The zero-order chi connectivity index (χ0) is 2.71. The van der Waals surface area contributed by atoms with E-state index in [1.165, 1.54) is 0 Å². The van der Waals surface area contributed by atoms with E-state index in [-0.39, 0.29) is 36.5 Å². The Hall–Kier alpha value is 1.17. The van der Waals surface area contributed by atoms with Crippen molar-refractivity contribution in [1.29, 1.82) is 0 Å². The molecule has 0 saturated heterocycles. The van der Waals surface area contributed by atoms with Crippen LogP contribution in [0.3, 0.4) is 0 Å². The number of halogens is 1. The van der Waals surface area contributed by atoms with Gasteiger partial charge in [-0.25, -0.2) is 0 Å². The number of nitrogens with one attached hydrogen (secondary N) is 1. The third kappa shape index (κ3) is 38.0. The second-order valence-electron chi connectivity index (χ2n) is 0.109. The number of hydrogen-bond acceptors (Lipinski definition) is 2. The summed E-state index contributed by atoms with van der Waals surface area (Å²) in [6, 6.07) is 0. The van der Waals surface area contributed by atoms with Crippen LogP contribution < -0.4 is 40.3 Å². The van der Waals surface area contributed by atoms with Gasteiger partial charge in [-0.15, -0.1) is 0 Å². The maximum atomic E-state index is 4.53. The van der Waals surface area contributed by atoms with Crippen molar-refractivity contribution in [2.45, 2.75) is 0 Å². The first-order valence-electron chi connectivity index (χ1n) is 0.478. The summed E-state index contributed by atoms with van der Waals surface area (Å²) < 4.78 is 0. The Morgan fingerprint density at radius 3 is 1.80 bits per heavy atom. The molecule has 0 fully saturated rings. The van der Waals surface area contributed by atoms with Crippen molar-refractivity contribution in [3.63, 3.8) is 0 Å². The fourth-order valence-electron chi connectivity index (χ4n) is 0. The predicted molar refractivity (Wildman–Crippen MR) is 17.9 cm³/mol. The molecule has 5 heteroatoms. The van der Waals surface area contributed by atoms with Gasteiger partial charge in [0.2, 0.25) is 0 Å². The molecule has 0 aliphatic carbocycles. The zero-order valence-electron chi connectivity index (χ0n) is 3.96. The average Bonchev–Trinajstić information content (AvgIpc) is 0.918. The van der Waals surface area contributed by atoms with Gasteiger partial charge in [0.15, 0.2) is 0 Å². The van der Waals surface area contributed by atoms with Crippen molar-refractivity contribution in [1.82, 2.24) is 4.94 Å². The zero-order valence-corrected chi connectivity index (χ0v) is 5.71. The van der Waals surface area contributed by atoms with E-state index >= 15 is 0 Å². The molecular weight excluding hydrogens is 102 g/mol. The second kappa shape index (κ2) is 19.1. The molecule has 0 spiro atoms. The van der Waals surface area contributed by atoms with E-state index in [4.69, 9.17) is 0 Å². The van der Waals surface area contributed by atoms with Crippen LogP contribution in [0.2, 0.25) is 0 Å². The average molecular weight is 109 g/mol. The molecule has 0 aliphatic heterocycles. The van der Waals surface area contributed by atoms with Gasteiger partial charge in [-0.3, -0.25) is 5.84 Å². The van der Waals surface area contributed by atoms with E-state index in [0.717, 1.165) is 0 Å². The summed E-state index contributed by atoms with van der Waals surface area (Å²) in [5.74, 6) is 4.36. The van der Waals surface area contributed by atoms with Gasteiger partial charge < -0.3 is 6.90 Å². The summed E-state index contributed by atoms with van der Waals surface area (Å²) in [7, 11) is 0. The van der Waals surface area contributed by atoms with Crippen molar-refractivity contribution in [3.8, 4) is 0 Å². The second-order valence-corrected chi connectivity index (χ2v) is 0.327. The quantitative estimate of drug-likeness (QED) is 0.143. The molecule has 0 rings (SSSR count). The van der Waals surface area contributed by atoms with Crippen LogP contribution in [-0.2, 0) is 0 Å². The molecule has 0 heterocycles. The van der Waals surface area contributed by atoms with Gasteiger partial charge in [-0.1, -0.05) is 0 Å². The number of rotatable bonds is 0. The van der Waals surface area contributed by atoms with E-state index < -0.39 is 0 Å². The molecule has 0 aromatic rings. The molecule has 0 bridgehead atoms. The molecule has 3 nitrogen and oxygen atoms in total. The van der Waals surface area contributed by atoms with Crippen LogP contribution in [0.4, 0.5) is 0 Å². The van der Waals surface area contributed by atoms with Crippen molar-refractivity contribution in [2.75, 3.05) is 0 Å². The first-order valence-corrected chi connectivity index (χ1v) is 0.856. The normalized spacial score (nSPS) is 3.60. The third-order valence-electron chi connectivity index (χ3n) is 0. The summed E-state index contributed by atoms with van der Waals surface area (Å²) in [5.41, 5.74) is 0. The summed E-state index contributed by atoms with van der Waals surface area (Å²) in [4.78, 5) is 1.72. The minimum Gasteiger partial charge on any atom is -1.00 e. The number of hydrogen-bond donors (Lipinski definition) is 2. The van der Waals surface area contributed by atoms with Crippen molar-refractivity contribution >= 4 is 11.8 Å². The topological polar surface area (TPSA) is 69.5 Å². The molecular formula is H6ClN2NaO. The molecule has 0 aliphatic rings. The maximum Gasteiger partial charge on any atom is 1.00 e. The van der Waals surface area contributed by atoms with Crippen LogP contribution in [0.5, 0.6) is 0 Å². The minimum absolute atomic E-state index is 0. The van der Waals surface area contributed by atoms with Gasteiger partial charge >= 0.3 is 29.6 Å². The predicted octanol–water partition coefficient (Wildman–Crippen LogP) is -4.10. The van der Waals surface area contributed by atoms with Crippen LogP contribution in [-0.4, -0.2) is 5.48 Å². The fourth-order valence-corrected chi connectivity index (χ4v) is 0. The van der Waals surface area contributed by atoms with Gasteiger partial charge in [-0.05, 0) is 11.8 Å². The Kier molecular flexibility index (Phi) is 62.7.